The Balaban J connectivity index is 3.07. The number of hydrogen-bond donors (Lipinski definition) is 0. The van der Waals surface area contributed by atoms with Crippen LogP contribution in [-0.2, 0) is 13.5 Å². The Morgan fingerprint density at radius 2 is 2.36 bits per heavy atom. The summed E-state index contributed by atoms with van der Waals surface area (Å²) in [6.07, 6.45) is 2.03. The lowest BCUT2D eigenvalue weighted by Crippen LogP contribution is -2.14. The number of hydrogen-bond acceptors (Lipinski definition) is 2. The van der Waals surface area contributed by atoms with Gasteiger partial charge in [-0.05, 0) is 5.56 Å². The van der Waals surface area contributed by atoms with Crippen molar-refractivity contribution in [1.82, 2.24) is 4.57 Å². The SMILES string of the molecule is Cn1cc(CC#N)ccc1=O. The lowest BCUT2D eigenvalue weighted by atomic mass is 10.2. The minimum absolute atomic E-state index is 0.0494. The van der Waals surface area contributed by atoms with Crippen molar-refractivity contribution in [2.75, 3.05) is 0 Å². The highest BCUT2D eigenvalue weighted by molar-refractivity contribution is 5.13. The van der Waals surface area contributed by atoms with Gasteiger partial charge in [-0.15, -0.1) is 0 Å². The Morgan fingerprint density at radius 3 is 2.91 bits per heavy atom. The van der Waals surface area contributed by atoms with E-state index in [4.69, 9.17) is 5.26 Å². The topological polar surface area (TPSA) is 45.8 Å². The first-order valence-electron chi connectivity index (χ1n) is 3.26. The summed E-state index contributed by atoms with van der Waals surface area (Å²) in [5.41, 5.74) is 0.821. The Bertz CT molecular complexity index is 346. The fraction of sp³-hybridized carbons (Fsp3) is 0.250. The van der Waals surface area contributed by atoms with Crippen LogP contribution < -0.4 is 5.56 Å². The molecule has 0 unspecified atom stereocenters. The second-order valence-electron chi connectivity index (χ2n) is 2.32. The van der Waals surface area contributed by atoms with Gasteiger partial charge in [0.2, 0.25) is 5.56 Å². The van der Waals surface area contributed by atoms with Crippen LogP contribution >= 0.6 is 0 Å². The second-order valence-corrected chi connectivity index (χ2v) is 2.32. The molecule has 1 heterocycles. The van der Waals surface area contributed by atoms with Crippen LogP contribution in [0.2, 0.25) is 0 Å². The van der Waals surface area contributed by atoms with Crippen molar-refractivity contribution in [2.45, 2.75) is 6.42 Å². The van der Waals surface area contributed by atoms with Gasteiger partial charge < -0.3 is 4.57 Å². The van der Waals surface area contributed by atoms with Gasteiger partial charge in [0.15, 0.2) is 0 Å². The zero-order valence-electron chi connectivity index (χ0n) is 6.24. The molecule has 56 valence electrons. The average Bonchev–Trinajstić information content (AvgIpc) is 1.98. The number of pyridine rings is 1. The van der Waals surface area contributed by atoms with Crippen molar-refractivity contribution in [1.29, 1.82) is 5.26 Å². The summed E-state index contributed by atoms with van der Waals surface area (Å²) >= 11 is 0. The summed E-state index contributed by atoms with van der Waals surface area (Å²) in [5.74, 6) is 0. The summed E-state index contributed by atoms with van der Waals surface area (Å²) < 4.78 is 1.46. The van der Waals surface area contributed by atoms with Gasteiger partial charge in [0.05, 0.1) is 12.5 Å². The zero-order valence-corrected chi connectivity index (χ0v) is 6.24. The molecule has 0 aromatic carbocycles. The van der Waals surface area contributed by atoms with Crippen molar-refractivity contribution < 1.29 is 0 Å². The number of nitrogens with zero attached hydrogens (tertiary/aromatic N) is 2. The van der Waals surface area contributed by atoms with Crippen molar-refractivity contribution in [2.24, 2.45) is 7.05 Å². The quantitative estimate of drug-likeness (QED) is 0.580. The van der Waals surface area contributed by atoms with Crippen LogP contribution in [0, 0.1) is 11.3 Å². The Morgan fingerprint density at radius 1 is 1.64 bits per heavy atom. The molecule has 1 aromatic heterocycles. The average molecular weight is 148 g/mol. The highest BCUT2D eigenvalue weighted by Gasteiger charge is 1.92. The molecule has 1 aromatic rings. The molecule has 0 radical (unpaired) electrons. The Labute approximate surface area is 64.5 Å². The molecule has 3 heteroatoms. The van der Waals surface area contributed by atoms with Crippen LogP contribution in [-0.4, -0.2) is 4.57 Å². The van der Waals surface area contributed by atoms with Crippen LogP contribution in [0.5, 0.6) is 0 Å². The van der Waals surface area contributed by atoms with Crippen molar-refractivity contribution >= 4 is 0 Å². The molecular formula is C8H8N2O. The van der Waals surface area contributed by atoms with Crippen LogP contribution in [0.25, 0.3) is 0 Å². The van der Waals surface area contributed by atoms with E-state index in [0.717, 1.165) is 5.56 Å². The number of nitriles is 1. The molecule has 0 aliphatic carbocycles. The predicted molar refractivity (Wildman–Crippen MR) is 41.0 cm³/mol. The van der Waals surface area contributed by atoms with Crippen molar-refractivity contribution in [3.8, 4) is 6.07 Å². The molecule has 0 aliphatic heterocycles. The lowest BCUT2D eigenvalue weighted by Gasteiger charge is -1.97. The summed E-state index contributed by atoms with van der Waals surface area (Å²) in [6, 6.07) is 5.15. The predicted octanol–water partition coefficient (Wildman–Crippen LogP) is 0.451. The maximum atomic E-state index is 10.9. The third-order valence-corrected chi connectivity index (χ3v) is 1.43. The minimum Gasteiger partial charge on any atom is -0.318 e. The van der Waals surface area contributed by atoms with Crippen LogP contribution in [0.1, 0.15) is 5.56 Å². The highest BCUT2D eigenvalue weighted by atomic mass is 16.1. The summed E-state index contributed by atoms with van der Waals surface area (Å²) in [4.78, 5) is 10.9. The van der Waals surface area contributed by atoms with Crippen LogP contribution in [0.4, 0.5) is 0 Å². The maximum absolute atomic E-state index is 10.9. The van der Waals surface area contributed by atoms with E-state index >= 15 is 0 Å². The molecule has 0 N–H and O–H groups in total. The van der Waals surface area contributed by atoms with Gasteiger partial charge in [-0.25, -0.2) is 0 Å². The molecule has 0 bridgehead atoms. The lowest BCUT2D eigenvalue weighted by molar-refractivity contribution is 0.847. The number of rotatable bonds is 1. The first-order valence-corrected chi connectivity index (χ1v) is 3.26. The smallest absolute Gasteiger partial charge is 0.250 e. The fourth-order valence-electron chi connectivity index (χ4n) is 0.847. The highest BCUT2D eigenvalue weighted by Crippen LogP contribution is 1.93. The first kappa shape index (κ1) is 7.55. The number of aromatic nitrogens is 1. The molecule has 0 amide bonds. The van der Waals surface area contributed by atoms with Gasteiger partial charge in [0.25, 0.3) is 0 Å². The van der Waals surface area contributed by atoms with Gasteiger partial charge in [-0.3, -0.25) is 4.79 Å². The summed E-state index contributed by atoms with van der Waals surface area (Å²) in [6.45, 7) is 0. The minimum atomic E-state index is -0.0494. The van der Waals surface area contributed by atoms with E-state index < -0.39 is 0 Å². The Hall–Kier alpha value is -1.56. The molecule has 0 spiro atoms. The molecule has 0 aliphatic rings. The fourth-order valence-corrected chi connectivity index (χ4v) is 0.847. The molecule has 3 nitrogen and oxygen atoms in total. The van der Waals surface area contributed by atoms with E-state index in [1.807, 2.05) is 6.07 Å². The first-order chi connectivity index (χ1) is 5.24. The molecule has 11 heavy (non-hydrogen) atoms. The van der Waals surface area contributed by atoms with E-state index in [1.54, 1.807) is 19.3 Å². The zero-order chi connectivity index (χ0) is 8.27. The summed E-state index contributed by atoms with van der Waals surface area (Å²) in [5, 5.41) is 8.34. The normalized spacial score (nSPS) is 9.09. The van der Waals surface area contributed by atoms with Gasteiger partial charge in [0.1, 0.15) is 0 Å². The van der Waals surface area contributed by atoms with Gasteiger partial charge in [-0.2, -0.15) is 5.26 Å². The third-order valence-electron chi connectivity index (χ3n) is 1.43. The second kappa shape index (κ2) is 3.02. The van der Waals surface area contributed by atoms with Crippen molar-refractivity contribution in [3.63, 3.8) is 0 Å². The Kier molecular flexibility index (Phi) is 2.07. The van der Waals surface area contributed by atoms with E-state index in [1.165, 1.54) is 10.6 Å². The molecule has 0 atom stereocenters. The maximum Gasteiger partial charge on any atom is 0.250 e. The van der Waals surface area contributed by atoms with Gasteiger partial charge in [0, 0.05) is 19.3 Å². The van der Waals surface area contributed by atoms with Crippen molar-refractivity contribution in [3.05, 3.63) is 34.2 Å². The molecule has 1 rings (SSSR count). The van der Waals surface area contributed by atoms with E-state index in [0.29, 0.717) is 6.42 Å². The van der Waals surface area contributed by atoms with Gasteiger partial charge >= 0.3 is 0 Å². The standard InChI is InChI=1S/C8H8N2O/c1-10-6-7(4-5-9)2-3-8(10)11/h2-3,6H,4H2,1H3. The monoisotopic (exact) mass is 148 g/mol. The molecule has 0 fully saturated rings. The molecule has 0 saturated heterocycles. The molecular weight excluding hydrogens is 140 g/mol. The largest absolute Gasteiger partial charge is 0.318 e. The van der Waals surface area contributed by atoms with E-state index in [9.17, 15) is 4.79 Å². The van der Waals surface area contributed by atoms with E-state index in [2.05, 4.69) is 0 Å². The van der Waals surface area contributed by atoms with Crippen LogP contribution in [0.3, 0.4) is 0 Å². The summed E-state index contributed by atoms with van der Waals surface area (Å²) in [7, 11) is 1.67. The molecule has 0 saturated carbocycles. The van der Waals surface area contributed by atoms with Crippen LogP contribution in [0.15, 0.2) is 23.1 Å². The third kappa shape index (κ3) is 1.68. The van der Waals surface area contributed by atoms with E-state index in [-0.39, 0.29) is 5.56 Å². The van der Waals surface area contributed by atoms with Gasteiger partial charge in [-0.1, -0.05) is 6.07 Å². The number of aryl methyl sites for hydroxylation is 1.